The van der Waals surface area contributed by atoms with E-state index < -0.39 is 21.2 Å². The molecule has 1 aromatic heterocycles. The van der Waals surface area contributed by atoms with Gasteiger partial charge in [0.1, 0.15) is 5.82 Å². The first-order chi connectivity index (χ1) is 16.6. The minimum Gasteiger partial charge on any atom is -0.462 e. The molecule has 0 aliphatic heterocycles. The summed E-state index contributed by atoms with van der Waals surface area (Å²) in [7, 11) is -3.91. The Morgan fingerprint density at radius 1 is 1.11 bits per heavy atom. The number of hydrogen-bond donors (Lipinski definition) is 3. The van der Waals surface area contributed by atoms with E-state index in [2.05, 4.69) is 27.9 Å². The van der Waals surface area contributed by atoms with Crippen molar-refractivity contribution in [3.63, 3.8) is 0 Å². The molecule has 0 amide bonds. The minimum atomic E-state index is -3.91. The maximum atomic E-state index is 13.6. The summed E-state index contributed by atoms with van der Waals surface area (Å²) in [6.07, 6.45) is 0. The van der Waals surface area contributed by atoms with Crippen molar-refractivity contribution in [3.8, 4) is 0 Å². The summed E-state index contributed by atoms with van der Waals surface area (Å²) in [5.41, 5.74) is 8.10. The second-order valence-corrected chi connectivity index (χ2v) is 10.5. The highest BCUT2D eigenvalue weighted by molar-refractivity contribution is 7.93. The molecule has 0 saturated heterocycles. The van der Waals surface area contributed by atoms with Gasteiger partial charge in [-0.1, -0.05) is 17.7 Å². The molecule has 0 bridgehead atoms. The third kappa shape index (κ3) is 6.86. The Morgan fingerprint density at radius 3 is 2.37 bits per heavy atom. The first-order valence-electron chi connectivity index (χ1n) is 11.0. The molecule has 35 heavy (non-hydrogen) atoms. The first-order valence-corrected chi connectivity index (χ1v) is 13.0. The Hall–Kier alpha value is -3.31. The van der Waals surface area contributed by atoms with Crippen LogP contribution in [0.25, 0.3) is 0 Å². The molecule has 9 nitrogen and oxygen atoms in total. The highest BCUT2D eigenvalue weighted by Gasteiger charge is 2.27. The number of ether oxygens (including phenoxy) is 1. The number of carbonyl (C=O) groups is 1. The molecule has 2 aromatic carbocycles. The molecule has 1 heterocycles. The van der Waals surface area contributed by atoms with Gasteiger partial charge in [-0.25, -0.2) is 18.2 Å². The van der Waals surface area contributed by atoms with Gasteiger partial charge in [0.05, 0.1) is 22.8 Å². The number of nitrogens with two attached hydrogens (primary N) is 1. The van der Waals surface area contributed by atoms with Crippen LogP contribution in [0, 0.1) is 13.8 Å². The monoisotopic (exact) mass is 515 g/mol. The molecule has 0 fully saturated rings. The number of nitrogens with one attached hydrogen (secondary N) is 1. The lowest BCUT2D eigenvalue weighted by Gasteiger charge is -2.27. The molecular weight excluding hydrogens is 486 g/mol. The fourth-order valence-corrected chi connectivity index (χ4v) is 5.19. The van der Waals surface area contributed by atoms with Crippen molar-refractivity contribution in [3.05, 3.63) is 71.4 Å². The second-order valence-electron chi connectivity index (χ2n) is 7.90. The number of anilines is 3. The fourth-order valence-electron chi connectivity index (χ4n) is 3.32. The molecule has 0 aliphatic rings. The predicted molar refractivity (Wildman–Crippen MR) is 141 cm³/mol. The number of esters is 1. The lowest BCUT2D eigenvalue weighted by molar-refractivity contribution is 0.0526. The van der Waals surface area contributed by atoms with Crippen molar-refractivity contribution in [1.82, 2.24) is 9.97 Å². The highest BCUT2D eigenvalue weighted by atomic mass is 32.2. The Morgan fingerprint density at radius 2 is 1.77 bits per heavy atom. The topological polar surface area (TPSA) is 128 Å². The zero-order chi connectivity index (χ0) is 25.6. The molecule has 11 heteroatoms. The van der Waals surface area contributed by atoms with E-state index in [0.717, 1.165) is 5.56 Å². The van der Waals surface area contributed by atoms with Gasteiger partial charge in [0.25, 0.3) is 10.0 Å². The Bertz CT molecular complexity index is 1250. The van der Waals surface area contributed by atoms with E-state index in [1.165, 1.54) is 4.31 Å². The first kappa shape index (κ1) is 26.3. The summed E-state index contributed by atoms with van der Waals surface area (Å²) in [5, 5.41) is 2.72. The molecule has 3 rings (SSSR count). The molecule has 0 saturated carbocycles. The molecule has 0 aliphatic carbocycles. The van der Waals surface area contributed by atoms with Crippen molar-refractivity contribution >= 4 is 46.1 Å². The number of aryl methyl sites for hydroxylation is 2. The van der Waals surface area contributed by atoms with Crippen LogP contribution in [-0.2, 0) is 14.8 Å². The van der Waals surface area contributed by atoms with Crippen molar-refractivity contribution in [2.75, 3.05) is 35.1 Å². The molecule has 0 spiro atoms. The van der Waals surface area contributed by atoms with Gasteiger partial charge in [0.15, 0.2) is 0 Å². The Labute approximate surface area is 211 Å². The van der Waals surface area contributed by atoms with Crippen LogP contribution >= 0.6 is 12.6 Å². The molecule has 0 radical (unpaired) electrons. The van der Waals surface area contributed by atoms with Crippen LogP contribution in [0.15, 0.2) is 59.5 Å². The van der Waals surface area contributed by atoms with Crippen molar-refractivity contribution < 1.29 is 17.9 Å². The fraction of sp³-hybridized carbons (Fsp3) is 0.292. The van der Waals surface area contributed by atoms with Crippen LogP contribution in [0.5, 0.6) is 0 Å². The van der Waals surface area contributed by atoms with Crippen LogP contribution in [0.2, 0.25) is 0 Å². The molecule has 186 valence electrons. The summed E-state index contributed by atoms with van der Waals surface area (Å²) in [6.45, 7) is 6.04. The van der Waals surface area contributed by atoms with Crippen LogP contribution < -0.4 is 15.4 Å². The number of hydrogen-bond acceptors (Lipinski definition) is 9. The molecule has 3 N–H and O–H groups in total. The zero-order valence-electron chi connectivity index (χ0n) is 19.8. The summed E-state index contributed by atoms with van der Waals surface area (Å²) in [5.74, 6) is 0.206. The quantitative estimate of drug-likeness (QED) is 0.277. The van der Waals surface area contributed by atoms with Crippen molar-refractivity contribution in [2.45, 2.75) is 30.9 Å². The van der Waals surface area contributed by atoms with E-state index >= 15 is 0 Å². The van der Waals surface area contributed by atoms with Gasteiger partial charge in [0, 0.05) is 30.1 Å². The number of carbonyl (C=O) groups excluding carboxylic acids is 1. The summed E-state index contributed by atoms with van der Waals surface area (Å²) < 4.78 is 33.5. The number of sulfonamides is 1. The van der Waals surface area contributed by atoms with Crippen molar-refractivity contribution in [1.29, 1.82) is 0 Å². The SMILES string of the molecule is CCOC(=O)c1ccc(N(CC(S)CNc2cc(C)nc(N)n2)S(=O)(=O)c2ccc(C)cc2)cc1. The zero-order valence-corrected chi connectivity index (χ0v) is 21.5. The summed E-state index contributed by atoms with van der Waals surface area (Å²) in [6, 6.07) is 14.6. The van der Waals surface area contributed by atoms with Gasteiger partial charge >= 0.3 is 5.97 Å². The third-order valence-corrected chi connectivity index (χ3v) is 7.20. The maximum absolute atomic E-state index is 13.6. The lowest BCUT2D eigenvalue weighted by atomic mass is 10.2. The molecular formula is C24H29N5O4S2. The van der Waals surface area contributed by atoms with Gasteiger partial charge in [-0.3, -0.25) is 4.31 Å². The van der Waals surface area contributed by atoms with Gasteiger partial charge in [-0.15, -0.1) is 0 Å². The van der Waals surface area contributed by atoms with Crippen molar-refractivity contribution in [2.24, 2.45) is 0 Å². The second kappa shape index (κ2) is 11.4. The summed E-state index contributed by atoms with van der Waals surface area (Å²) in [4.78, 5) is 20.4. The minimum absolute atomic E-state index is 0.0601. The van der Waals surface area contributed by atoms with E-state index in [-0.39, 0.29) is 24.0 Å². The van der Waals surface area contributed by atoms with E-state index in [4.69, 9.17) is 10.5 Å². The number of nitrogens with zero attached hydrogens (tertiary/aromatic N) is 3. The Kier molecular flexibility index (Phi) is 8.57. The largest absolute Gasteiger partial charge is 0.462 e. The van der Waals surface area contributed by atoms with E-state index in [1.807, 2.05) is 6.92 Å². The number of aromatic nitrogens is 2. The van der Waals surface area contributed by atoms with Gasteiger partial charge in [0.2, 0.25) is 5.95 Å². The van der Waals surface area contributed by atoms with E-state index in [1.54, 1.807) is 68.4 Å². The number of benzene rings is 2. The van der Waals surface area contributed by atoms with Gasteiger partial charge in [-0.05, 0) is 57.2 Å². The van der Waals surface area contributed by atoms with Crippen LogP contribution in [0.1, 0.15) is 28.5 Å². The van der Waals surface area contributed by atoms with Crippen LogP contribution in [0.3, 0.4) is 0 Å². The molecule has 1 unspecified atom stereocenters. The smallest absolute Gasteiger partial charge is 0.338 e. The van der Waals surface area contributed by atoms with E-state index in [0.29, 0.717) is 29.3 Å². The molecule has 1 atom stereocenters. The van der Waals surface area contributed by atoms with Crippen LogP contribution in [0.4, 0.5) is 17.5 Å². The Balaban J connectivity index is 1.87. The van der Waals surface area contributed by atoms with Gasteiger partial charge in [-0.2, -0.15) is 17.6 Å². The molecule has 3 aromatic rings. The third-order valence-electron chi connectivity index (χ3n) is 5.04. The predicted octanol–water partition coefficient (Wildman–Crippen LogP) is 3.46. The average molecular weight is 516 g/mol. The number of thiol groups is 1. The van der Waals surface area contributed by atoms with Gasteiger partial charge < -0.3 is 15.8 Å². The lowest BCUT2D eigenvalue weighted by Crippen LogP contribution is -2.38. The number of rotatable bonds is 10. The summed E-state index contributed by atoms with van der Waals surface area (Å²) >= 11 is 4.63. The normalized spacial score (nSPS) is 12.1. The maximum Gasteiger partial charge on any atom is 0.338 e. The van der Waals surface area contributed by atoms with E-state index in [9.17, 15) is 13.2 Å². The standard InChI is InChI=1S/C24H29N5O4S2/c1-4-33-23(30)18-7-9-19(10-8-18)29(35(31,32)21-11-5-16(2)6-12-21)15-20(34)14-26-22-13-17(3)27-24(25)28-22/h5-13,20,34H,4,14-15H2,1-3H3,(H3,25,26,27,28). The average Bonchev–Trinajstić information content (AvgIpc) is 2.81. The highest BCUT2D eigenvalue weighted by Crippen LogP contribution is 2.26. The van der Waals surface area contributed by atoms with Crippen LogP contribution in [-0.4, -0.2) is 49.3 Å². The number of nitrogen functional groups attached to an aromatic ring is 1.